The van der Waals surface area contributed by atoms with Gasteiger partial charge < -0.3 is 5.73 Å². The van der Waals surface area contributed by atoms with E-state index in [1.165, 1.54) is 0 Å². The van der Waals surface area contributed by atoms with Gasteiger partial charge in [-0.3, -0.25) is 4.79 Å². The van der Waals surface area contributed by atoms with Crippen LogP contribution in [0.4, 0.5) is 0 Å². The fourth-order valence-corrected chi connectivity index (χ4v) is 0. The second kappa shape index (κ2) is 16.2. The summed E-state index contributed by atoms with van der Waals surface area (Å²) < 4.78 is 0. The fourth-order valence-electron chi connectivity index (χ4n) is 0. The normalized spacial score (nSPS) is 3.00. The predicted molar refractivity (Wildman–Crippen MR) is 21.6 cm³/mol. The van der Waals surface area contributed by atoms with Gasteiger partial charge in [-0.25, -0.2) is 0 Å². The van der Waals surface area contributed by atoms with E-state index in [0.717, 1.165) is 0 Å². The van der Waals surface area contributed by atoms with Crippen LogP contribution < -0.4 is 5.73 Å². The van der Waals surface area contributed by atoms with Crippen LogP contribution in [0, 0.1) is 0 Å². The number of nitrogens with two attached hydrogens (primary N) is 1. The molecule has 0 saturated heterocycles. The van der Waals surface area contributed by atoms with Crippen molar-refractivity contribution in [3.63, 3.8) is 0 Å². The summed E-state index contributed by atoms with van der Waals surface area (Å²) in [4.78, 5) is 8.58. The van der Waals surface area contributed by atoms with Crippen LogP contribution in [-0.4, -0.2) is 17.4 Å². The van der Waals surface area contributed by atoms with Gasteiger partial charge in [0.05, 0.1) is 0 Å². The summed E-state index contributed by atoms with van der Waals surface area (Å²) in [5, 5.41) is 0. The molecule has 0 aromatic rings. The summed E-state index contributed by atoms with van der Waals surface area (Å²) in [7, 11) is 0. The topological polar surface area (TPSA) is 43.1 Å². The number of carbonyl (C=O) groups excluding carboxylic acids is 1. The minimum absolute atomic E-state index is 0. The molecule has 0 unspecified atom stereocenters. The first-order valence-corrected chi connectivity index (χ1v) is 0.569. The fraction of sp³-hybridized carbons (Fsp3) is 0. The van der Waals surface area contributed by atoms with Crippen molar-refractivity contribution in [2.75, 3.05) is 0 Å². The van der Waals surface area contributed by atoms with Crippen molar-refractivity contribution in [1.29, 1.82) is 0 Å². The van der Waals surface area contributed by atoms with Crippen LogP contribution in [0.2, 0.25) is 0 Å². The standard InChI is InChI=1S/CH3NO.H4Si/c2-1-3;/h1H,(H2,2,3);1H4. The largest absolute Gasteiger partial charge is 0.372 e. The first-order valence-electron chi connectivity index (χ1n) is 0.569. The highest BCUT2D eigenvalue weighted by Crippen LogP contribution is 0.798. The molecule has 1 amide bonds. The van der Waals surface area contributed by atoms with E-state index in [-0.39, 0.29) is 17.4 Å². The molecule has 0 aliphatic carbocycles. The zero-order valence-corrected chi connectivity index (χ0v) is 1.56. The van der Waals surface area contributed by atoms with E-state index in [1.54, 1.807) is 0 Å². The van der Waals surface area contributed by atoms with Crippen LogP contribution >= 0.6 is 0 Å². The van der Waals surface area contributed by atoms with Gasteiger partial charge in [-0.1, -0.05) is 0 Å². The van der Waals surface area contributed by atoms with E-state index < -0.39 is 0 Å². The van der Waals surface area contributed by atoms with Crippen LogP contribution in [0.25, 0.3) is 0 Å². The molecule has 3 heteroatoms. The van der Waals surface area contributed by atoms with Gasteiger partial charge in [-0.05, 0) is 11.0 Å². The minimum atomic E-state index is 0. The highest BCUT2D eigenvalue weighted by Gasteiger charge is 1.19. The summed E-state index contributed by atoms with van der Waals surface area (Å²) >= 11 is 0. The van der Waals surface area contributed by atoms with Crippen molar-refractivity contribution in [3.8, 4) is 0 Å². The molecule has 0 aliphatic rings. The first-order chi connectivity index (χ1) is 1.41. The van der Waals surface area contributed by atoms with E-state index in [0.29, 0.717) is 0 Å². The first kappa shape index (κ1) is 9.35. The molecule has 0 fully saturated rings. The molecular formula is CH7NOSi. The molecule has 4 heavy (non-hydrogen) atoms. The van der Waals surface area contributed by atoms with Crippen molar-refractivity contribution in [2.24, 2.45) is 5.73 Å². The third kappa shape index (κ3) is 8.12. The zero-order chi connectivity index (χ0) is 2.71. The van der Waals surface area contributed by atoms with Crippen molar-refractivity contribution in [2.45, 2.75) is 0 Å². The Morgan fingerprint density at radius 3 is 1.75 bits per heavy atom. The van der Waals surface area contributed by atoms with Gasteiger partial charge in [0.1, 0.15) is 0 Å². The van der Waals surface area contributed by atoms with Crippen LogP contribution in [0.1, 0.15) is 0 Å². The monoisotopic (exact) mass is 77.0 g/mol. The molecule has 0 atom stereocenters. The number of amides is 1. The summed E-state index contributed by atoms with van der Waals surface area (Å²) in [5.74, 6) is 0. The van der Waals surface area contributed by atoms with Crippen molar-refractivity contribution < 1.29 is 4.79 Å². The average molecular weight is 77.2 g/mol. The lowest BCUT2D eigenvalue weighted by Crippen LogP contribution is -1.82. The van der Waals surface area contributed by atoms with Crippen molar-refractivity contribution in [3.05, 3.63) is 0 Å². The quantitative estimate of drug-likeness (QED) is 0.255. The van der Waals surface area contributed by atoms with Crippen LogP contribution in [0.3, 0.4) is 0 Å². The van der Waals surface area contributed by atoms with E-state index in [2.05, 4.69) is 5.73 Å². The van der Waals surface area contributed by atoms with E-state index in [1.807, 2.05) is 0 Å². The Balaban J connectivity index is 0. The second-order valence-corrected chi connectivity index (χ2v) is 0.136. The SMILES string of the molecule is NC=O.[SiH4]. The highest BCUT2D eigenvalue weighted by molar-refractivity contribution is 5.75. The van der Waals surface area contributed by atoms with Gasteiger partial charge in [0, 0.05) is 0 Å². The average Bonchev–Trinajstić information content (AvgIpc) is 0.918. The molecule has 0 spiro atoms. The molecule has 2 N–H and O–H groups in total. The van der Waals surface area contributed by atoms with Crippen LogP contribution in [-0.2, 0) is 4.79 Å². The lowest BCUT2D eigenvalue weighted by molar-refractivity contribution is -0.106. The number of rotatable bonds is 0. The Bertz CT molecular complexity index is 15.5. The molecule has 0 radical (unpaired) electrons. The molecule has 0 heterocycles. The molecular weight excluding hydrogens is 70.1 g/mol. The maximum atomic E-state index is 8.58. The zero-order valence-electron chi connectivity index (χ0n) is 1.56. The van der Waals surface area contributed by atoms with Crippen molar-refractivity contribution in [1.82, 2.24) is 0 Å². The summed E-state index contributed by atoms with van der Waals surface area (Å²) in [6, 6.07) is 0. The third-order valence-corrected chi connectivity index (χ3v) is 0. The van der Waals surface area contributed by atoms with Gasteiger partial charge in [0.25, 0.3) is 0 Å². The maximum Gasteiger partial charge on any atom is 0.204 e. The van der Waals surface area contributed by atoms with E-state index in [4.69, 9.17) is 4.79 Å². The molecule has 0 aromatic heterocycles. The van der Waals surface area contributed by atoms with Gasteiger partial charge in [-0.2, -0.15) is 0 Å². The van der Waals surface area contributed by atoms with Gasteiger partial charge >= 0.3 is 0 Å². The Hall–Kier alpha value is -0.313. The third-order valence-electron chi connectivity index (χ3n) is 0. The lowest BCUT2D eigenvalue weighted by atomic mass is 11.5. The number of hydrogen-bond acceptors (Lipinski definition) is 1. The molecule has 0 rings (SSSR count). The summed E-state index contributed by atoms with van der Waals surface area (Å²) in [6.07, 6.45) is 0.250. The van der Waals surface area contributed by atoms with E-state index in [9.17, 15) is 0 Å². The molecule has 0 saturated carbocycles. The minimum Gasteiger partial charge on any atom is -0.372 e. The Morgan fingerprint density at radius 2 is 1.75 bits per heavy atom. The number of hydrogen-bond donors (Lipinski definition) is 1. The van der Waals surface area contributed by atoms with E-state index >= 15 is 0 Å². The van der Waals surface area contributed by atoms with Gasteiger partial charge in [-0.15, -0.1) is 0 Å². The van der Waals surface area contributed by atoms with Gasteiger partial charge in [0.15, 0.2) is 0 Å². The molecule has 0 bridgehead atoms. The van der Waals surface area contributed by atoms with Crippen LogP contribution in [0.15, 0.2) is 0 Å². The maximum absolute atomic E-state index is 8.58. The molecule has 0 aromatic carbocycles. The Morgan fingerprint density at radius 1 is 1.75 bits per heavy atom. The highest BCUT2D eigenvalue weighted by atomic mass is 28.1. The molecule has 0 aliphatic heterocycles. The smallest absolute Gasteiger partial charge is 0.204 e. The van der Waals surface area contributed by atoms with Gasteiger partial charge in [0.2, 0.25) is 6.41 Å². The summed E-state index contributed by atoms with van der Waals surface area (Å²) in [5.41, 5.74) is 4.17. The number of primary amides is 1. The summed E-state index contributed by atoms with van der Waals surface area (Å²) in [6.45, 7) is 0. The second-order valence-electron chi connectivity index (χ2n) is 0.136. The Kier molecular flexibility index (Phi) is 37.9. The van der Waals surface area contributed by atoms with Crippen molar-refractivity contribution >= 4 is 17.4 Å². The molecule has 26 valence electrons. The van der Waals surface area contributed by atoms with Crippen LogP contribution in [0.5, 0.6) is 0 Å². The Labute approximate surface area is 29.0 Å². The lowest BCUT2D eigenvalue weighted by Gasteiger charge is -1.32. The molecule has 2 nitrogen and oxygen atoms in total. The number of carbonyl (C=O) groups is 1. The predicted octanol–water partition coefficient (Wildman–Crippen LogP) is -2.35.